The van der Waals surface area contributed by atoms with Crippen molar-refractivity contribution in [1.29, 1.82) is 0 Å². The van der Waals surface area contributed by atoms with E-state index in [4.69, 9.17) is 0 Å². The molecule has 54 heavy (non-hydrogen) atoms. The smallest absolute Gasteiger partial charge is 0.358 e. The third-order valence-corrected chi connectivity index (χ3v) is 11.1. The van der Waals surface area contributed by atoms with Gasteiger partial charge in [-0.15, -0.1) is 69.1 Å². The fourth-order valence-corrected chi connectivity index (χ4v) is 8.15. The summed E-state index contributed by atoms with van der Waals surface area (Å²) >= 11 is 0. The van der Waals surface area contributed by atoms with Gasteiger partial charge in [0, 0.05) is 0 Å². The van der Waals surface area contributed by atoms with E-state index >= 15 is 0 Å². The number of fused-ring (bicyclic) bond motifs is 2. The van der Waals surface area contributed by atoms with Gasteiger partial charge >= 0.3 is 25.8 Å². The first-order valence-electron chi connectivity index (χ1n) is 18.6. The monoisotopic (exact) mass is 868 g/mol. The van der Waals surface area contributed by atoms with Crippen molar-refractivity contribution in [2.75, 3.05) is 0 Å². The molecule has 0 bridgehead atoms. The fourth-order valence-electron chi connectivity index (χ4n) is 8.15. The van der Waals surface area contributed by atoms with E-state index in [2.05, 4.69) is 198 Å². The molecule has 8 aromatic rings. The SMILES string of the molecule is CC(C)c1ccc(-c2cccc3[cH-]c(C(Cc4ccccc4)(Cc4ccccc4)c4cc5c(-c6ccc(C(C)C)cc6)cccc5[cH-]4)cc23)cc1.[CH3-].[CH3-].[Hf+4]. The van der Waals surface area contributed by atoms with Crippen LogP contribution in [0.15, 0.2) is 170 Å². The fraction of sp³-hybridized carbons (Fsp3) is 0.170. The number of hydrogen-bond acceptors (Lipinski definition) is 0. The first-order valence-corrected chi connectivity index (χ1v) is 18.6. The van der Waals surface area contributed by atoms with Crippen LogP contribution in [0.25, 0.3) is 43.8 Å². The third kappa shape index (κ3) is 7.94. The molecule has 0 aromatic heterocycles. The Morgan fingerprint density at radius 1 is 0.444 bits per heavy atom. The molecule has 0 saturated carbocycles. The summed E-state index contributed by atoms with van der Waals surface area (Å²) in [6.45, 7) is 9.04. The van der Waals surface area contributed by atoms with E-state index in [-0.39, 0.29) is 46.1 Å². The van der Waals surface area contributed by atoms with Crippen molar-refractivity contribution in [2.24, 2.45) is 0 Å². The Kier molecular flexibility index (Phi) is 13.0. The molecule has 0 fully saturated rings. The Morgan fingerprint density at radius 3 is 1.17 bits per heavy atom. The van der Waals surface area contributed by atoms with E-state index in [0.29, 0.717) is 11.8 Å². The van der Waals surface area contributed by atoms with E-state index in [1.807, 2.05) is 0 Å². The predicted molar refractivity (Wildman–Crippen MR) is 232 cm³/mol. The molecule has 0 unspecified atom stereocenters. The van der Waals surface area contributed by atoms with Crippen LogP contribution in [0.5, 0.6) is 0 Å². The quantitative estimate of drug-likeness (QED) is 0.0949. The van der Waals surface area contributed by atoms with Gasteiger partial charge in [-0.25, -0.2) is 0 Å². The van der Waals surface area contributed by atoms with E-state index in [1.165, 1.54) is 77.2 Å². The Hall–Kier alpha value is -4.59. The standard InChI is InChI=1S/C51H46.2CH3.Hf/c1-35(2)39-21-25-41(26-22-39)47-19-11-17-43-29-45(31-49(43)47)51(33-37-13-7-5-8-14-37,34-38-15-9-6-10-16-38)46-30-44-18-12-20-48(50(44)32-46)42-27-23-40(24-28-42)36(3)4;;;/h5-32,35-36H,33-34H2,1-4H3;2*1H3;/q-2;2*-1;+4. The van der Waals surface area contributed by atoms with Gasteiger partial charge in [0.25, 0.3) is 0 Å². The van der Waals surface area contributed by atoms with Crippen molar-refractivity contribution < 1.29 is 25.8 Å². The molecule has 8 rings (SSSR count). The molecule has 0 spiro atoms. The predicted octanol–water partition coefficient (Wildman–Crippen LogP) is 14.7. The molecule has 0 nitrogen and oxygen atoms in total. The Bertz CT molecular complexity index is 2210. The summed E-state index contributed by atoms with van der Waals surface area (Å²) in [6.07, 6.45) is 1.79. The van der Waals surface area contributed by atoms with Crippen LogP contribution >= 0.6 is 0 Å². The maximum Gasteiger partial charge on any atom is 4.00 e. The van der Waals surface area contributed by atoms with Gasteiger partial charge in [-0.3, -0.25) is 0 Å². The van der Waals surface area contributed by atoms with Gasteiger partial charge in [0.2, 0.25) is 0 Å². The average Bonchev–Trinajstić information content (AvgIpc) is 3.81. The first kappa shape index (κ1) is 40.6. The maximum absolute atomic E-state index is 2.51. The summed E-state index contributed by atoms with van der Waals surface area (Å²) in [5.74, 6) is 1.02. The second kappa shape index (κ2) is 17.3. The second-order valence-corrected chi connectivity index (χ2v) is 15.1. The van der Waals surface area contributed by atoms with Crippen LogP contribution in [-0.4, -0.2) is 0 Å². The number of hydrogen-bond donors (Lipinski definition) is 0. The molecule has 0 saturated heterocycles. The van der Waals surface area contributed by atoms with Crippen LogP contribution in [0.4, 0.5) is 0 Å². The zero-order valence-corrected chi connectivity index (χ0v) is 36.3. The molecule has 0 aliphatic rings. The van der Waals surface area contributed by atoms with E-state index < -0.39 is 0 Å². The summed E-state index contributed by atoms with van der Waals surface area (Å²) in [5, 5.41) is 5.22. The number of benzene rings is 6. The van der Waals surface area contributed by atoms with Crippen LogP contribution in [-0.2, 0) is 44.1 Å². The molecule has 0 N–H and O–H groups in total. The maximum atomic E-state index is 2.51. The summed E-state index contributed by atoms with van der Waals surface area (Å²) < 4.78 is 0. The van der Waals surface area contributed by atoms with Crippen LogP contribution in [0, 0.1) is 14.9 Å². The first-order chi connectivity index (χ1) is 24.9. The Labute approximate surface area is 343 Å². The minimum Gasteiger partial charge on any atom is -0.358 e. The van der Waals surface area contributed by atoms with Crippen molar-refractivity contribution in [3.05, 3.63) is 218 Å². The summed E-state index contributed by atoms with van der Waals surface area (Å²) in [4.78, 5) is 0. The molecule has 0 heterocycles. The van der Waals surface area contributed by atoms with Gasteiger partial charge < -0.3 is 14.9 Å². The summed E-state index contributed by atoms with van der Waals surface area (Å²) in [7, 11) is 0. The largest absolute Gasteiger partial charge is 4.00 e. The minimum absolute atomic E-state index is 0. The van der Waals surface area contributed by atoms with Crippen molar-refractivity contribution >= 4 is 21.5 Å². The van der Waals surface area contributed by atoms with E-state index in [1.54, 1.807) is 0 Å². The molecule has 8 aromatic carbocycles. The molecule has 0 atom stereocenters. The van der Waals surface area contributed by atoms with Gasteiger partial charge in [0.15, 0.2) is 0 Å². The summed E-state index contributed by atoms with van der Waals surface area (Å²) in [5.41, 5.74) is 13.0. The van der Waals surface area contributed by atoms with Crippen LogP contribution < -0.4 is 0 Å². The number of rotatable bonds is 10. The van der Waals surface area contributed by atoms with Gasteiger partial charge in [-0.2, -0.15) is 12.1 Å². The van der Waals surface area contributed by atoms with Crippen LogP contribution in [0.3, 0.4) is 0 Å². The zero-order chi connectivity index (χ0) is 35.0. The van der Waals surface area contributed by atoms with E-state index in [9.17, 15) is 0 Å². The summed E-state index contributed by atoms with van der Waals surface area (Å²) in [6, 6.07) is 64.2. The van der Waals surface area contributed by atoms with Crippen molar-refractivity contribution in [2.45, 2.75) is 57.8 Å². The Morgan fingerprint density at radius 2 is 0.815 bits per heavy atom. The van der Waals surface area contributed by atoms with Crippen molar-refractivity contribution in [3.63, 3.8) is 0 Å². The molecular formula is C53H52Hf. The molecule has 1 heteroatoms. The van der Waals surface area contributed by atoms with Crippen LogP contribution in [0.1, 0.15) is 72.9 Å². The minimum atomic E-state index is -0.307. The van der Waals surface area contributed by atoms with Gasteiger partial charge in [0.05, 0.1) is 0 Å². The molecule has 0 radical (unpaired) electrons. The van der Waals surface area contributed by atoms with Crippen LogP contribution in [0.2, 0.25) is 0 Å². The van der Waals surface area contributed by atoms with Gasteiger partial charge in [-0.1, -0.05) is 160 Å². The van der Waals surface area contributed by atoms with Gasteiger partial charge in [-0.05, 0) is 63.5 Å². The average molecular weight is 867 g/mol. The molecule has 0 aliphatic heterocycles. The van der Waals surface area contributed by atoms with Crippen molar-refractivity contribution in [1.82, 2.24) is 0 Å². The van der Waals surface area contributed by atoms with Crippen molar-refractivity contribution in [3.8, 4) is 22.3 Å². The molecular weight excluding hydrogens is 815 g/mol. The molecule has 0 aliphatic carbocycles. The van der Waals surface area contributed by atoms with E-state index in [0.717, 1.165) is 12.8 Å². The second-order valence-electron chi connectivity index (χ2n) is 15.1. The molecule has 0 amide bonds. The third-order valence-electron chi connectivity index (χ3n) is 11.1. The van der Waals surface area contributed by atoms with Gasteiger partial charge in [0.1, 0.15) is 0 Å². The topological polar surface area (TPSA) is 0 Å². The zero-order valence-electron chi connectivity index (χ0n) is 32.7. The molecule has 268 valence electrons. The Balaban J connectivity index is 0.00000187. The normalized spacial score (nSPS) is 11.4.